The zero-order valence-corrected chi connectivity index (χ0v) is 14.6. The first kappa shape index (κ1) is 19.8. The fourth-order valence-electron chi connectivity index (χ4n) is 2.93. The number of pyridine rings is 1. The Balaban J connectivity index is 1.54. The average molecular weight is 356 g/mol. The van der Waals surface area contributed by atoms with E-state index >= 15 is 0 Å². The summed E-state index contributed by atoms with van der Waals surface area (Å²) in [6.07, 6.45) is 3.24. The number of unbranched alkanes of at least 4 members (excludes halogenated alkanes) is 1. The van der Waals surface area contributed by atoms with Gasteiger partial charge in [0, 0.05) is 18.8 Å². The van der Waals surface area contributed by atoms with E-state index in [0.717, 1.165) is 68.6 Å². The smallest absolute Gasteiger partial charge is 0.372 e. The summed E-state index contributed by atoms with van der Waals surface area (Å²) in [6, 6.07) is 4.28. The maximum Gasteiger partial charge on any atom is 0.411 e. The van der Waals surface area contributed by atoms with Crippen LogP contribution in [0.2, 0.25) is 0 Å². The Bertz CT molecular complexity index is 558. The minimum absolute atomic E-state index is 0.130. The number of alkyl halides is 3. The first-order valence-corrected chi connectivity index (χ1v) is 8.98. The number of fused-ring (bicyclic) bond motifs is 1. The second-order valence-electron chi connectivity index (χ2n) is 6.57. The molecule has 6 heteroatoms. The van der Waals surface area contributed by atoms with Gasteiger partial charge in [-0.1, -0.05) is 18.2 Å². The molecule has 2 heterocycles. The van der Waals surface area contributed by atoms with Crippen molar-refractivity contribution in [2.45, 2.75) is 57.5 Å². The second kappa shape index (κ2) is 9.80. The second-order valence-corrected chi connectivity index (χ2v) is 6.57. The van der Waals surface area contributed by atoms with Gasteiger partial charge in [-0.15, -0.1) is 0 Å². The lowest BCUT2D eigenvalue weighted by atomic mass is 10.0. The molecule has 1 aromatic rings. The molecule has 0 aliphatic carbocycles. The highest BCUT2D eigenvalue weighted by Gasteiger charge is 2.27. The van der Waals surface area contributed by atoms with Gasteiger partial charge in [0.05, 0.1) is 0 Å². The standard InChI is InChI=1S/C19H27F3N2O/c1-15(7-5-13-25-14-19(20,21)22)6-2-3-9-17-11-10-16-8-4-12-23-18(16)24-17/h10-11H,1-9,12-14H2,(H,23,24). The molecule has 0 aromatic carbocycles. The molecule has 0 bridgehead atoms. The van der Waals surface area contributed by atoms with E-state index in [1.807, 2.05) is 0 Å². The Hall–Kier alpha value is -1.56. The quantitative estimate of drug-likeness (QED) is 0.469. The molecule has 140 valence electrons. The minimum atomic E-state index is -4.24. The topological polar surface area (TPSA) is 34.2 Å². The largest absolute Gasteiger partial charge is 0.411 e. The summed E-state index contributed by atoms with van der Waals surface area (Å²) in [4.78, 5) is 4.68. The van der Waals surface area contributed by atoms with Gasteiger partial charge in [-0.2, -0.15) is 13.2 Å². The summed E-state index contributed by atoms with van der Waals surface area (Å²) in [7, 11) is 0. The van der Waals surface area contributed by atoms with Crippen LogP contribution in [-0.2, 0) is 17.6 Å². The first-order chi connectivity index (χ1) is 11.9. The highest BCUT2D eigenvalue weighted by atomic mass is 19.4. The van der Waals surface area contributed by atoms with E-state index in [9.17, 15) is 13.2 Å². The summed E-state index contributed by atoms with van der Waals surface area (Å²) in [5.74, 6) is 1.03. The Morgan fingerprint density at radius 2 is 2.00 bits per heavy atom. The maximum absolute atomic E-state index is 11.9. The van der Waals surface area contributed by atoms with E-state index in [2.05, 4.69) is 33.7 Å². The number of hydrogen-bond donors (Lipinski definition) is 1. The molecule has 0 saturated carbocycles. The molecule has 0 fully saturated rings. The molecule has 1 N–H and O–H groups in total. The van der Waals surface area contributed by atoms with Gasteiger partial charge in [0.2, 0.25) is 0 Å². The number of nitrogens with zero attached hydrogens (tertiary/aromatic N) is 1. The van der Waals surface area contributed by atoms with Gasteiger partial charge in [-0.05, 0) is 63.0 Å². The summed E-state index contributed by atoms with van der Waals surface area (Å²) < 4.78 is 40.4. The van der Waals surface area contributed by atoms with E-state index in [1.54, 1.807) is 0 Å². The zero-order valence-electron chi connectivity index (χ0n) is 14.6. The van der Waals surface area contributed by atoms with Crippen LogP contribution in [0.15, 0.2) is 24.3 Å². The van der Waals surface area contributed by atoms with E-state index in [-0.39, 0.29) is 6.61 Å². The molecule has 2 rings (SSSR count). The molecular formula is C19H27F3N2O. The van der Waals surface area contributed by atoms with Gasteiger partial charge >= 0.3 is 6.18 Å². The molecule has 0 unspecified atom stereocenters. The average Bonchev–Trinajstić information content (AvgIpc) is 2.57. The molecule has 0 atom stereocenters. The zero-order chi connectivity index (χ0) is 18.1. The molecule has 0 spiro atoms. The van der Waals surface area contributed by atoms with Crippen molar-refractivity contribution in [2.75, 3.05) is 25.1 Å². The number of anilines is 1. The van der Waals surface area contributed by atoms with Crippen molar-refractivity contribution >= 4 is 5.82 Å². The van der Waals surface area contributed by atoms with Crippen LogP contribution in [0.3, 0.4) is 0 Å². The number of allylic oxidation sites excluding steroid dienone is 1. The third-order valence-electron chi connectivity index (χ3n) is 4.25. The van der Waals surface area contributed by atoms with Crippen LogP contribution in [0.25, 0.3) is 0 Å². The van der Waals surface area contributed by atoms with Crippen molar-refractivity contribution in [3.8, 4) is 0 Å². The van der Waals surface area contributed by atoms with Gasteiger partial charge in [0.25, 0.3) is 0 Å². The molecule has 1 aliphatic heterocycles. The molecule has 0 saturated heterocycles. The number of aromatic nitrogens is 1. The SMILES string of the molecule is C=C(CCCCc1ccc2c(n1)NCCC2)CCCOCC(F)(F)F. The summed E-state index contributed by atoms with van der Waals surface area (Å²) >= 11 is 0. The molecule has 3 nitrogen and oxygen atoms in total. The molecule has 25 heavy (non-hydrogen) atoms. The van der Waals surface area contributed by atoms with E-state index in [0.29, 0.717) is 6.42 Å². The fraction of sp³-hybridized carbons (Fsp3) is 0.632. The van der Waals surface area contributed by atoms with Gasteiger partial charge in [-0.3, -0.25) is 0 Å². The molecular weight excluding hydrogens is 329 g/mol. The lowest BCUT2D eigenvalue weighted by molar-refractivity contribution is -0.174. The van der Waals surface area contributed by atoms with E-state index in [4.69, 9.17) is 0 Å². The van der Waals surface area contributed by atoms with Crippen LogP contribution in [0.5, 0.6) is 0 Å². The Morgan fingerprint density at radius 1 is 1.20 bits per heavy atom. The predicted octanol–water partition coefficient (Wildman–Crippen LogP) is 5.07. The number of hydrogen-bond acceptors (Lipinski definition) is 3. The first-order valence-electron chi connectivity index (χ1n) is 8.98. The summed E-state index contributed by atoms with van der Waals surface area (Å²) in [6.45, 7) is 3.96. The molecule has 0 amide bonds. The van der Waals surface area contributed by atoms with Crippen molar-refractivity contribution in [1.82, 2.24) is 4.98 Å². The van der Waals surface area contributed by atoms with Crippen molar-refractivity contribution in [2.24, 2.45) is 0 Å². The Labute approximate surface area is 147 Å². The fourth-order valence-corrected chi connectivity index (χ4v) is 2.93. The highest BCUT2D eigenvalue weighted by molar-refractivity contribution is 5.46. The van der Waals surface area contributed by atoms with Crippen LogP contribution >= 0.6 is 0 Å². The van der Waals surface area contributed by atoms with Gasteiger partial charge in [0.1, 0.15) is 12.4 Å². The monoisotopic (exact) mass is 356 g/mol. The van der Waals surface area contributed by atoms with Crippen molar-refractivity contribution in [3.05, 3.63) is 35.5 Å². The number of rotatable bonds is 10. The van der Waals surface area contributed by atoms with E-state index < -0.39 is 12.8 Å². The van der Waals surface area contributed by atoms with Gasteiger partial charge in [-0.25, -0.2) is 4.98 Å². The Kier molecular flexibility index (Phi) is 7.75. The van der Waals surface area contributed by atoms with Crippen LogP contribution in [0.4, 0.5) is 19.0 Å². The lowest BCUT2D eigenvalue weighted by Crippen LogP contribution is -2.17. The van der Waals surface area contributed by atoms with Gasteiger partial charge in [0.15, 0.2) is 0 Å². The molecule has 1 aromatic heterocycles. The molecule has 1 aliphatic rings. The van der Waals surface area contributed by atoms with Crippen molar-refractivity contribution in [1.29, 1.82) is 0 Å². The lowest BCUT2D eigenvalue weighted by Gasteiger charge is -2.17. The third-order valence-corrected chi connectivity index (χ3v) is 4.25. The summed E-state index contributed by atoms with van der Waals surface area (Å²) in [5.41, 5.74) is 3.49. The normalized spacial score (nSPS) is 14.0. The third kappa shape index (κ3) is 7.90. The number of aryl methyl sites for hydroxylation is 2. The van der Waals surface area contributed by atoms with Crippen LogP contribution < -0.4 is 5.32 Å². The maximum atomic E-state index is 11.9. The number of halogens is 3. The Morgan fingerprint density at radius 3 is 2.80 bits per heavy atom. The number of ether oxygens (including phenoxy) is 1. The predicted molar refractivity (Wildman–Crippen MR) is 93.9 cm³/mol. The van der Waals surface area contributed by atoms with E-state index in [1.165, 1.54) is 5.56 Å². The molecule has 0 radical (unpaired) electrons. The van der Waals surface area contributed by atoms with Crippen molar-refractivity contribution < 1.29 is 17.9 Å². The van der Waals surface area contributed by atoms with Crippen LogP contribution in [0, 0.1) is 0 Å². The highest BCUT2D eigenvalue weighted by Crippen LogP contribution is 2.21. The van der Waals surface area contributed by atoms with Crippen molar-refractivity contribution in [3.63, 3.8) is 0 Å². The number of nitrogens with one attached hydrogen (secondary N) is 1. The van der Waals surface area contributed by atoms with Crippen LogP contribution in [-0.4, -0.2) is 30.9 Å². The summed E-state index contributed by atoms with van der Waals surface area (Å²) in [5, 5.41) is 3.35. The minimum Gasteiger partial charge on any atom is -0.372 e. The van der Waals surface area contributed by atoms with Crippen LogP contribution in [0.1, 0.15) is 49.8 Å². The van der Waals surface area contributed by atoms with Gasteiger partial charge < -0.3 is 10.1 Å².